The van der Waals surface area contributed by atoms with Crippen LogP contribution in [0.15, 0.2) is 42.7 Å². The molecule has 8 heteroatoms. The summed E-state index contributed by atoms with van der Waals surface area (Å²) >= 11 is 11.1. The SMILES string of the molecule is CN(C)c1ccc(NC(=O)C(Cl)Cl)cc1C(=O)NCc1cccnc1. The van der Waals surface area contributed by atoms with Crippen LogP contribution in [-0.4, -0.2) is 35.7 Å². The molecule has 2 aromatic rings. The number of hydrogen-bond donors (Lipinski definition) is 2. The molecule has 1 heterocycles. The lowest BCUT2D eigenvalue weighted by Crippen LogP contribution is -2.26. The molecule has 25 heavy (non-hydrogen) atoms. The number of pyridine rings is 1. The minimum Gasteiger partial charge on any atom is -0.377 e. The van der Waals surface area contributed by atoms with Crippen LogP contribution in [0.25, 0.3) is 0 Å². The third-order valence-corrected chi connectivity index (χ3v) is 3.76. The van der Waals surface area contributed by atoms with Crippen molar-refractivity contribution in [3.8, 4) is 0 Å². The van der Waals surface area contributed by atoms with Crippen molar-refractivity contribution in [1.29, 1.82) is 0 Å². The first-order chi connectivity index (χ1) is 11.9. The Balaban J connectivity index is 2.20. The predicted octanol–water partition coefficient (Wildman–Crippen LogP) is 2.82. The number of alkyl halides is 2. The van der Waals surface area contributed by atoms with Crippen LogP contribution in [0, 0.1) is 0 Å². The van der Waals surface area contributed by atoms with Crippen LogP contribution in [0.3, 0.4) is 0 Å². The highest BCUT2D eigenvalue weighted by Crippen LogP contribution is 2.23. The number of rotatable bonds is 6. The Bertz CT molecular complexity index is 752. The maximum absolute atomic E-state index is 12.6. The summed E-state index contributed by atoms with van der Waals surface area (Å²) in [6.07, 6.45) is 3.35. The van der Waals surface area contributed by atoms with Gasteiger partial charge in [0.05, 0.1) is 5.56 Å². The molecule has 0 unspecified atom stereocenters. The van der Waals surface area contributed by atoms with E-state index in [0.29, 0.717) is 17.8 Å². The van der Waals surface area contributed by atoms with Crippen LogP contribution in [-0.2, 0) is 11.3 Å². The molecule has 2 rings (SSSR count). The molecule has 0 aliphatic carbocycles. The largest absolute Gasteiger partial charge is 0.377 e. The van der Waals surface area contributed by atoms with E-state index in [1.807, 2.05) is 25.1 Å². The van der Waals surface area contributed by atoms with Gasteiger partial charge in [-0.05, 0) is 29.8 Å². The number of aromatic nitrogens is 1. The lowest BCUT2D eigenvalue weighted by Gasteiger charge is -2.18. The van der Waals surface area contributed by atoms with Gasteiger partial charge < -0.3 is 15.5 Å². The van der Waals surface area contributed by atoms with Gasteiger partial charge in [0.15, 0.2) is 4.84 Å². The van der Waals surface area contributed by atoms with Crippen LogP contribution in [0.4, 0.5) is 11.4 Å². The fraction of sp³-hybridized carbons (Fsp3) is 0.235. The van der Waals surface area contributed by atoms with Gasteiger partial charge in [-0.15, -0.1) is 0 Å². The molecular weight excluding hydrogens is 363 g/mol. The summed E-state index contributed by atoms with van der Waals surface area (Å²) in [7, 11) is 3.66. The Morgan fingerprint density at radius 1 is 1.24 bits per heavy atom. The third kappa shape index (κ3) is 5.34. The monoisotopic (exact) mass is 380 g/mol. The molecule has 0 saturated carbocycles. The first-order valence-electron chi connectivity index (χ1n) is 7.46. The van der Waals surface area contributed by atoms with E-state index in [2.05, 4.69) is 15.6 Å². The molecule has 0 saturated heterocycles. The minimum atomic E-state index is -1.18. The van der Waals surface area contributed by atoms with Gasteiger partial charge in [-0.3, -0.25) is 14.6 Å². The molecule has 1 aromatic heterocycles. The lowest BCUT2D eigenvalue weighted by molar-refractivity contribution is -0.114. The quantitative estimate of drug-likeness (QED) is 0.755. The van der Waals surface area contributed by atoms with Crippen molar-refractivity contribution in [3.05, 3.63) is 53.9 Å². The van der Waals surface area contributed by atoms with Crippen molar-refractivity contribution in [2.45, 2.75) is 11.4 Å². The average Bonchev–Trinajstić information content (AvgIpc) is 2.60. The lowest BCUT2D eigenvalue weighted by atomic mass is 10.1. The second kappa shape index (κ2) is 8.69. The van der Waals surface area contributed by atoms with Gasteiger partial charge in [-0.2, -0.15) is 0 Å². The molecule has 2 N–H and O–H groups in total. The van der Waals surface area contributed by atoms with E-state index in [9.17, 15) is 9.59 Å². The van der Waals surface area contributed by atoms with Gasteiger partial charge in [0.1, 0.15) is 0 Å². The van der Waals surface area contributed by atoms with Crippen molar-refractivity contribution < 1.29 is 9.59 Å². The fourth-order valence-corrected chi connectivity index (χ4v) is 2.27. The summed E-state index contributed by atoms with van der Waals surface area (Å²) in [6.45, 7) is 0.349. The molecular formula is C17H18Cl2N4O2. The number of anilines is 2. The van der Waals surface area contributed by atoms with Gasteiger partial charge >= 0.3 is 0 Å². The van der Waals surface area contributed by atoms with E-state index in [1.54, 1.807) is 36.7 Å². The van der Waals surface area contributed by atoms with Crippen LogP contribution < -0.4 is 15.5 Å². The summed E-state index contributed by atoms with van der Waals surface area (Å²) in [5.41, 5.74) is 2.47. The molecule has 132 valence electrons. The molecule has 1 aromatic carbocycles. The van der Waals surface area contributed by atoms with Crippen molar-refractivity contribution in [2.75, 3.05) is 24.3 Å². The van der Waals surface area contributed by atoms with E-state index < -0.39 is 10.7 Å². The van der Waals surface area contributed by atoms with Crippen molar-refractivity contribution >= 4 is 46.4 Å². The minimum absolute atomic E-state index is 0.267. The number of amides is 2. The number of nitrogens with one attached hydrogen (secondary N) is 2. The Morgan fingerprint density at radius 2 is 2.00 bits per heavy atom. The molecule has 2 amide bonds. The van der Waals surface area contributed by atoms with Crippen LogP contribution in [0.2, 0.25) is 0 Å². The van der Waals surface area contributed by atoms with E-state index >= 15 is 0 Å². The summed E-state index contributed by atoms with van der Waals surface area (Å²) in [6, 6.07) is 8.69. The highest BCUT2D eigenvalue weighted by molar-refractivity contribution is 6.54. The second-order valence-corrected chi connectivity index (χ2v) is 6.56. The highest BCUT2D eigenvalue weighted by Gasteiger charge is 2.16. The number of carbonyl (C=O) groups is 2. The Kier molecular flexibility index (Phi) is 6.61. The van der Waals surface area contributed by atoms with E-state index in [-0.39, 0.29) is 5.91 Å². The maximum atomic E-state index is 12.6. The molecule has 0 spiro atoms. The molecule has 0 bridgehead atoms. The first-order valence-corrected chi connectivity index (χ1v) is 8.33. The van der Waals surface area contributed by atoms with Gasteiger partial charge in [0.25, 0.3) is 11.8 Å². The first kappa shape index (κ1) is 19.0. The Morgan fingerprint density at radius 3 is 2.60 bits per heavy atom. The maximum Gasteiger partial charge on any atom is 0.257 e. The number of hydrogen-bond acceptors (Lipinski definition) is 4. The molecule has 0 aliphatic heterocycles. The summed E-state index contributed by atoms with van der Waals surface area (Å²) in [5.74, 6) is -0.820. The second-order valence-electron chi connectivity index (χ2n) is 5.46. The summed E-state index contributed by atoms with van der Waals surface area (Å²) in [5, 5.41) is 5.41. The fourth-order valence-electron chi connectivity index (χ4n) is 2.16. The van der Waals surface area contributed by atoms with E-state index in [4.69, 9.17) is 23.2 Å². The topological polar surface area (TPSA) is 74.3 Å². The molecule has 0 fully saturated rings. The molecule has 6 nitrogen and oxygen atoms in total. The summed E-state index contributed by atoms with van der Waals surface area (Å²) < 4.78 is 0. The van der Waals surface area contributed by atoms with Gasteiger partial charge in [-0.25, -0.2) is 0 Å². The van der Waals surface area contributed by atoms with E-state index in [1.165, 1.54) is 0 Å². The number of nitrogens with zero attached hydrogens (tertiary/aromatic N) is 2. The molecule has 0 radical (unpaired) electrons. The number of halogens is 2. The van der Waals surface area contributed by atoms with Crippen LogP contribution >= 0.6 is 23.2 Å². The van der Waals surface area contributed by atoms with Crippen LogP contribution in [0.5, 0.6) is 0 Å². The Hall–Kier alpha value is -2.31. The zero-order chi connectivity index (χ0) is 18.4. The standard InChI is InChI=1S/C17H18Cl2N4O2/c1-23(2)14-6-5-12(22-17(25)15(18)19)8-13(14)16(24)21-10-11-4-3-7-20-9-11/h3-9,15H,10H2,1-2H3,(H,21,24)(H,22,25). The van der Waals surface area contributed by atoms with Crippen molar-refractivity contribution in [2.24, 2.45) is 0 Å². The van der Waals surface area contributed by atoms with Crippen LogP contribution in [0.1, 0.15) is 15.9 Å². The van der Waals surface area contributed by atoms with E-state index in [0.717, 1.165) is 11.3 Å². The molecule has 0 aliphatic rings. The number of carbonyl (C=O) groups excluding carboxylic acids is 2. The zero-order valence-electron chi connectivity index (χ0n) is 13.8. The summed E-state index contributed by atoms with van der Waals surface area (Å²) in [4.78, 5) is 28.9. The molecule has 0 atom stereocenters. The van der Waals surface area contributed by atoms with Gasteiger partial charge in [0, 0.05) is 44.4 Å². The highest BCUT2D eigenvalue weighted by atomic mass is 35.5. The van der Waals surface area contributed by atoms with Crippen molar-refractivity contribution in [1.82, 2.24) is 10.3 Å². The number of benzene rings is 1. The smallest absolute Gasteiger partial charge is 0.257 e. The third-order valence-electron chi connectivity index (χ3n) is 3.36. The Labute approximate surface area is 156 Å². The predicted molar refractivity (Wildman–Crippen MR) is 100 cm³/mol. The average molecular weight is 381 g/mol. The normalized spacial score (nSPS) is 10.4. The van der Waals surface area contributed by atoms with Gasteiger partial charge in [0.2, 0.25) is 0 Å². The van der Waals surface area contributed by atoms with Crippen molar-refractivity contribution in [3.63, 3.8) is 0 Å². The zero-order valence-corrected chi connectivity index (χ0v) is 15.3. The van der Waals surface area contributed by atoms with Gasteiger partial charge in [-0.1, -0.05) is 29.3 Å².